The quantitative estimate of drug-likeness (QED) is 0.872. The molecule has 0 spiro atoms. The lowest BCUT2D eigenvalue weighted by Crippen LogP contribution is -1.97. The van der Waals surface area contributed by atoms with E-state index in [0.29, 0.717) is 16.5 Å². The Labute approximate surface area is 115 Å². The minimum Gasteiger partial charge on any atom is -0.437 e. The number of nitrogens with two attached hydrogens (primary N) is 1. The number of hydrogen-bond donors (Lipinski definition) is 1. The van der Waals surface area contributed by atoms with Crippen LogP contribution in [-0.4, -0.2) is 9.97 Å². The van der Waals surface area contributed by atoms with Gasteiger partial charge in [-0.1, -0.05) is 18.5 Å². The molecule has 0 saturated heterocycles. The molecule has 18 heavy (non-hydrogen) atoms. The van der Waals surface area contributed by atoms with Crippen LogP contribution in [0.4, 0.5) is 5.69 Å². The second-order valence-electron chi connectivity index (χ2n) is 3.61. The van der Waals surface area contributed by atoms with E-state index in [0.717, 1.165) is 12.0 Å². The summed E-state index contributed by atoms with van der Waals surface area (Å²) in [4.78, 5) is 7.68. The van der Waals surface area contributed by atoms with E-state index in [1.54, 1.807) is 12.1 Å². The van der Waals surface area contributed by atoms with Crippen LogP contribution in [0.2, 0.25) is 10.3 Å². The summed E-state index contributed by atoms with van der Waals surface area (Å²) in [5.41, 5.74) is 7.02. The van der Waals surface area contributed by atoms with Crippen LogP contribution in [0, 0.1) is 0 Å². The number of halogens is 2. The number of ether oxygens (including phenoxy) is 1. The Hall–Kier alpha value is -1.52. The molecule has 0 aliphatic carbocycles. The van der Waals surface area contributed by atoms with Gasteiger partial charge in [0.05, 0.1) is 6.20 Å². The Morgan fingerprint density at radius 2 is 2.11 bits per heavy atom. The van der Waals surface area contributed by atoms with Gasteiger partial charge in [-0.25, -0.2) is 4.98 Å². The van der Waals surface area contributed by atoms with Crippen LogP contribution in [-0.2, 0) is 6.42 Å². The molecule has 6 heteroatoms. The van der Waals surface area contributed by atoms with Gasteiger partial charge in [-0.15, -0.1) is 0 Å². The predicted octanol–water partition coefficient (Wildman–Crippen LogP) is 3.72. The number of aromatic nitrogens is 2. The van der Waals surface area contributed by atoms with Gasteiger partial charge in [-0.05, 0) is 41.8 Å². The molecule has 1 aromatic carbocycles. The van der Waals surface area contributed by atoms with Gasteiger partial charge in [-0.3, -0.25) is 0 Å². The van der Waals surface area contributed by atoms with Crippen molar-refractivity contribution < 1.29 is 4.74 Å². The number of benzene rings is 1. The van der Waals surface area contributed by atoms with Crippen molar-refractivity contribution >= 4 is 28.9 Å². The smallest absolute Gasteiger partial charge is 0.247 e. The summed E-state index contributed by atoms with van der Waals surface area (Å²) in [6, 6.07) is 5.36. The van der Waals surface area contributed by atoms with Crippen LogP contribution in [0.15, 0.2) is 24.4 Å². The molecule has 2 rings (SSSR count). The molecule has 0 bridgehead atoms. The zero-order valence-corrected chi connectivity index (χ0v) is 11.2. The number of rotatable bonds is 3. The fourth-order valence-electron chi connectivity index (χ4n) is 1.43. The number of nitrogen functional groups attached to an aromatic ring is 1. The lowest BCUT2D eigenvalue weighted by molar-refractivity contribution is 0.464. The standard InChI is InChI=1S/C12H11Cl2N3O/c1-2-7-5-8(3-4-9(7)13)18-11-10(15)6-16-12(14)17-11/h3-6H,2,15H2,1H3. The van der Waals surface area contributed by atoms with E-state index in [2.05, 4.69) is 9.97 Å². The average Bonchev–Trinajstić information content (AvgIpc) is 2.36. The van der Waals surface area contributed by atoms with Crippen LogP contribution in [0.1, 0.15) is 12.5 Å². The molecule has 0 fully saturated rings. The van der Waals surface area contributed by atoms with Gasteiger partial charge in [0.1, 0.15) is 11.4 Å². The molecule has 2 aromatic rings. The van der Waals surface area contributed by atoms with E-state index in [4.69, 9.17) is 33.7 Å². The van der Waals surface area contributed by atoms with Crippen LogP contribution < -0.4 is 10.5 Å². The van der Waals surface area contributed by atoms with Crippen molar-refractivity contribution in [1.29, 1.82) is 0 Å². The summed E-state index contributed by atoms with van der Waals surface area (Å²) in [5, 5.41) is 0.794. The maximum Gasteiger partial charge on any atom is 0.247 e. The second-order valence-corrected chi connectivity index (χ2v) is 4.35. The maximum atomic E-state index is 6.03. The first kappa shape index (κ1) is 12.9. The lowest BCUT2D eigenvalue weighted by atomic mass is 10.1. The number of anilines is 1. The van der Waals surface area contributed by atoms with Gasteiger partial charge < -0.3 is 10.5 Å². The van der Waals surface area contributed by atoms with Crippen molar-refractivity contribution in [3.05, 3.63) is 40.3 Å². The number of nitrogens with zero attached hydrogens (tertiary/aromatic N) is 2. The summed E-state index contributed by atoms with van der Waals surface area (Å²) < 4.78 is 5.57. The van der Waals surface area contributed by atoms with Crippen LogP contribution in [0.25, 0.3) is 0 Å². The molecule has 4 nitrogen and oxygen atoms in total. The first-order valence-corrected chi connectivity index (χ1v) is 6.10. The largest absolute Gasteiger partial charge is 0.437 e. The van der Waals surface area contributed by atoms with Gasteiger partial charge in [0, 0.05) is 5.02 Å². The molecule has 0 aliphatic rings. The lowest BCUT2D eigenvalue weighted by Gasteiger charge is -2.09. The first-order valence-electron chi connectivity index (χ1n) is 5.34. The Balaban J connectivity index is 2.31. The third kappa shape index (κ3) is 2.83. The molecular formula is C12H11Cl2N3O. The van der Waals surface area contributed by atoms with E-state index in [1.165, 1.54) is 6.20 Å². The van der Waals surface area contributed by atoms with Gasteiger partial charge in [0.2, 0.25) is 11.2 Å². The van der Waals surface area contributed by atoms with E-state index in [9.17, 15) is 0 Å². The van der Waals surface area contributed by atoms with Crippen LogP contribution in [0.3, 0.4) is 0 Å². The van der Waals surface area contributed by atoms with Crippen LogP contribution >= 0.6 is 23.2 Å². The van der Waals surface area contributed by atoms with Crippen molar-refractivity contribution in [3.63, 3.8) is 0 Å². The zero-order chi connectivity index (χ0) is 13.1. The van der Waals surface area contributed by atoms with Gasteiger partial charge in [0.25, 0.3) is 0 Å². The highest BCUT2D eigenvalue weighted by molar-refractivity contribution is 6.31. The average molecular weight is 284 g/mol. The molecule has 0 radical (unpaired) electrons. The molecule has 1 heterocycles. The van der Waals surface area contributed by atoms with Crippen molar-refractivity contribution in [3.8, 4) is 11.6 Å². The molecule has 2 N–H and O–H groups in total. The Morgan fingerprint density at radius 1 is 1.33 bits per heavy atom. The Bertz CT molecular complexity index is 575. The zero-order valence-electron chi connectivity index (χ0n) is 9.65. The summed E-state index contributed by atoms with van der Waals surface area (Å²) >= 11 is 11.7. The number of aryl methyl sites for hydroxylation is 1. The molecule has 1 aromatic heterocycles. The van der Waals surface area contributed by atoms with Crippen LogP contribution in [0.5, 0.6) is 11.6 Å². The molecule has 0 atom stereocenters. The molecule has 0 saturated carbocycles. The SMILES string of the molecule is CCc1cc(Oc2nc(Cl)ncc2N)ccc1Cl. The molecule has 0 aliphatic heterocycles. The van der Waals surface area contributed by atoms with Gasteiger partial charge >= 0.3 is 0 Å². The second kappa shape index (κ2) is 5.42. The molecule has 0 unspecified atom stereocenters. The Morgan fingerprint density at radius 3 is 2.83 bits per heavy atom. The number of hydrogen-bond acceptors (Lipinski definition) is 4. The normalized spacial score (nSPS) is 10.4. The highest BCUT2D eigenvalue weighted by Gasteiger charge is 2.07. The topological polar surface area (TPSA) is 61.0 Å². The van der Waals surface area contributed by atoms with Crippen molar-refractivity contribution in [1.82, 2.24) is 9.97 Å². The first-order chi connectivity index (χ1) is 8.60. The summed E-state index contributed by atoms with van der Waals surface area (Å²) in [7, 11) is 0. The fraction of sp³-hybridized carbons (Fsp3) is 0.167. The van der Waals surface area contributed by atoms with Gasteiger partial charge in [0.15, 0.2) is 0 Å². The summed E-state index contributed by atoms with van der Waals surface area (Å²) in [5.74, 6) is 0.845. The van der Waals surface area contributed by atoms with Crippen molar-refractivity contribution in [2.75, 3.05) is 5.73 Å². The summed E-state index contributed by atoms with van der Waals surface area (Å²) in [6.45, 7) is 2.01. The van der Waals surface area contributed by atoms with Gasteiger partial charge in [-0.2, -0.15) is 4.98 Å². The minimum atomic E-state index is 0.0869. The van der Waals surface area contributed by atoms with Crippen molar-refractivity contribution in [2.24, 2.45) is 0 Å². The highest BCUT2D eigenvalue weighted by Crippen LogP contribution is 2.28. The predicted molar refractivity (Wildman–Crippen MR) is 72.4 cm³/mol. The fourth-order valence-corrected chi connectivity index (χ4v) is 1.81. The Kier molecular flexibility index (Phi) is 3.89. The monoisotopic (exact) mass is 283 g/mol. The van der Waals surface area contributed by atoms with E-state index >= 15 is 0 Å². The van der Waals surface area contributed by atoms with Crippen molar-refractivity contribution in [2.45, 2.75) is 13.3 Å². The van der Waals surface area contributed by atoms with E-state index in [-0.39, 0.29) is 11.2 Å². The maximum absolute atomic E-state index is 6.03. The van der Waals surface area contributed by atoms with E-state index in [1.807, 2.05) is 13.0 Å². The molecular weight excluding hydrogens is 273 g/mol. The third-order valence-corrected chi connectivity index (χ3v) is 2.91. The van der Waals surface area contributed by atoms with E-state index < -0.39 is 0 Å². The highest BCUT2D eigenvalue weighted by atomic mass is 35.5. The summed E-state index contributed by atoms with van der Waals surface area (Å²) in [6.07, 6.45) is 2.22. The molecule has 0 amide bonds. The minimum absolute atomic E-state index is 0.0869. The third-order valence-electron chi connectivity index (χ3n) is 2.36. The molecule has 94 valence electrons.